The molecule has 0 fully saturated rings. The molecule has 3 nitrogen and oxygen atoms in total. The van der Waals surface area contributed by atoms with Crippen LogP contribution in [0.4, 0.5) is 5.69 Å². The van der Waals surface area contributed by atoms with E-state index in [4.69, 9.17) is 12.2 Å². The average molecular weight is 316 g/mol. The van der Waals surface area contributed by atoms with Gasteiger partial charge in [0.25, 0.3) is 0 Å². The van der Waals surface area contributed by atoms with Crippen LogP contribution in [0.25, 0.3) is 6.08 Å². The molecule has 1 N–H and O–H groups in total. The minimum atomic E-state index is 0.232. The lowest BCUT2D eigenvalue weighted by Crippen LogP contribution is -1.91. The molecule has 0 atom stereocenters. The summed E-state index contributed by atoms with van der Waals surface area (Å²) in [5.41, 5.74) is 0.918. The summed E-state index contributed by atoms with van der Waals surface area (Å²) >= 11 is 6.58. The number of hydrogen-bond acceptors (Lipinski definition) is 4. The summed E-state index contributed by atoms with van der Waals surface area (Å²) < 4.78 is 2.39. The molecular formula is C16H16N2OS2. The van der Waals surface area contributed by atoms with Gasteiger partial charge < -0.3 is 5.11 Å². The summed E-state index contributed by atoms with van der Waals surface area (Å²) in [4.78, 5) is 5.06. The standard InChI is InChI=1S/C16H16N2OS2/c1-2-18-15(19)14(21-16(18)20)11-7-4-8-12-17-13-9-5-3-6-10-13/h3-12,19H,2H2,1H3/b8-4+,11-7+,17-12?. The number of aliphatic imine (C=N–C) groups is 1. The minimum Gasteiger partial charge on any atom is -0.493 e. The fraction of sp³-hybridized carbons (Fsp3) is 0.125. The van der Waals surface area contributed by atoms with Crippen LogP contribution in [0.15, 0.2) is 53.6 Å². The van der Waals surface area contributed by atoms with Crippen molar-refractivity contribution in [3.05, 3.63) is 57.4 Å². The first-order valence-corrected chi connectivity index (χ1v) is 7.80. The van der Waals surface area contributed by atoms with Gasteiger partial charge in [-0.15, -0.1) is 11.3 Å². The highest BCUT2D eigenvalue weighted by Gasteiger charge is 2.06. The maximum atomic E-state index is 9.97. The largest absolute Gasteiger partial charge is 0.493 e. The monoisotopic (exact) mass is 316 g/mol. The predicted molar refractivity (Wildman–Crippen MR) is 93.2 cm³/mol. The van der Waals surface area contributed by atoms with Crippen LogP contribution in [0, 0.1) is 3.95 Å². The molecule has 0 bridgehead atoms. The van der Waals surface area contributed by atoms with E-state index < -0.39 is 0 Å². The number of nitrogens with zero attached hydrogens (tertiary/aromatic N) is 2. The second-order valence-corrected chi connectivity index (χ2v) is 5.83. The third-order valence-electron chi connectivity index (χ3n) is 2.75. The second-order valence-electron chi connectivity index (χ2n) is 4.16. The highest BCUT2D eigenvalue weighted by atomic mass is 32.1. The van der Waals surface area contributed by atoms with Crippen molar-refractivity contribution < 1.29 is 5.11 Å². The van der Waals surface area contributed by atoms with Crippen molar-refractivity contribution in [2.75, 3.05) is 0 Å². The molecule has 0 unspecified atom stereocenters. The lowest BCUT2D eigenvalue weighted by Gasteiger charge is -1.97. The molecule has 108 valence electrons. The number of hydrogen-bond donors (Lipinski definition) is 1. The number of rotatable bonds is 5. The van der Waals surface area contributed by atoms with Crippen molar-refractivity contribution >= 4 is 41.5 Å². The Kier molecular flexibility index (Phi) is 5.66. The van der Waals surface area contributed by atoms with Gasteiger partial charge in [-0.2, -0.15) is 0 Å². The first-order valence-electron chi connectivity index (χ1n) is 6.57. The molecular weight excluding hydrogens is 300 g/mol. The maximum Gasteiger partial charge on any atom is 0.210 e. The maximum absolute atomic E-state index is 9.97. The molecule has 1 heterocycles. The van der Waals surface area contributed by atoms with E-state index in [2.05, 4.69) is 4.99 Å². The van der Waals surface area contributed by atoms with Gasteiger partial charge in [-0.1, -0.05) is 30.4 Å². The van der Waals surface area contributed by atoms with Crippen LogP contribution in [0.3, 0.4) is 0 Å². The molecule has 0 spiro atoms. The van der Waals surface area contributed by atoms with Gasteiger partial charge in [-0.3, -0.25) is 9.56 Å². The number of thiazole rings is 1. The first-order chi connectivity index (χ1) is 10.2. The van der Waals surface area contributed by atoms with Crippen LogP contribution in [0.2, 0.25) is 0 Å². The topological polar surface area (TPSA) is 37.5 Å². The van der Waals surface area contributed by atoms with Crippen LogP contribution >= 0.6 is 23.6 Å². The molecule has 0 saturated heterocycles. The van der Waals surface area contributed by atoms with E-state index in [0.29, 0.717) is 10.5 Å². The molecule has 1 aromatic carbocycles. The van der Waals surface area contributed by atoms with E-state index in [-0.39, 0.29) is 5.88 Å². The Labute approximate surface area is 133 Å². The van der Waals surface area contributed by atoms with Gasteiger partial charge in [0.1, 0.15) is 0 Å². The highest BCUT2D eigenvalue weighted by molar-refractivity contribution is 7.73. The van der Waals surface area contributed by atoms with Gasteiger partial charge in [0.05, 0.1) is 10.6 Å². The molecule has 1 aromatic heterocycles. The van der Waals surface area contributed by atoms with E-state index in [0.717, 1.165) is 10.6 Å². The molecule has 2 rings (SSSR count). The first kappa shape index (κ1) is 15.4. The average Bonchev–Trinajstić information content (AvgIpc) is 2.77. The Morgan fingerprint density at radius 2 is 2.00 bits per heavy atom. The Balaban J connectivity index is 1.98. The lowest BCUT2D eigenvalue weighted by atomic mass is 10.3. The van der Waals surface area contributed by atoms with Crippen LogP contribution in [0.1, 0.15) is 11.8 Å². The molecule has 5 heteroatoms. The molecule has 0 aliphatic rings. The van der Waals surface area contributed by atoms with Gasteiger partial charge in [-0.05, 0) is 43.4 Å². The van der Waals surface area contributed by atoms with Gasteiger partial charge >= 0.3 is 0 Å². The molecule has 21 heavy (non-hydrogen) atoms. The van der Waals surface area contributed by atoms with Crippen LogP contribution in [-0.4, -0.2) is 15.9 Å². The zero-order valence-electron chi connectivity index (χ0n) is 11.6. The van der Waals surface area contributed by atoms with Crippen molar-refractivity contribution in [1.82, 2.24) is 4.57 Å². The van der Waals surface area contributed by atoms with Crippen molar-refractivity contribution in [2.45, 2.75) is 13.5 Å². The van der Waals surface area contributed by atoms with E-state index >= 15 is 0 Å². The minimum absolute atomic E-state index is 0.232. The Bertz CT molecular complexity index is 724. The van der Waals surface area contributed by atoms with Crippen LogP contribution in [-0.2, 0) is 6.54 Å². The van der Waals surface area contributed by atoms with Crippen molar-refractivity contribution in [3.63, 3.8) is 0 Å². The van der Waals surface area contributed by atoms with Crippen molar-refractivity contribution in [1.29, 1.82) is 0 Å². The van der Waals surface area contributed by atoms with Crippen LogP contribution in [0.5, 0.6) is 5.88 Å². The summed E-state index contributed by atoms with van der Waals surface area (Å²) in [6.45, 7) is 2.63. The van der Waals surface area contributed by atoms with E-state index in [1.807, 2.05) is 61.6 Å². The van der Waals surface area contributed by atoms with Gasteiger partial charge in [0, 0.05) is 12.8 Å². The van der Waals surface area contributed by atoms with Gasteiger partial charge in [-0.25, -0.2) is 0 Å². The van der Waals surface area contributed by atoms with Crippen molar-refractivity contribution in [2.24, 2.45) is 4.99 Å². The Hall–Kier alpha value is -1.98. The summed E-state index contributed by atoms with van der Waals surface area (Å²) in [6, 6.07) is 9.74. The summed E-state index contributed by atoms with van der Waals surface area (Å²) in [7, 11) is 0. The fourth-order valence-corrected chi connectivity index (χ4v) is 3.05. The quantitative estimate of drug-likeness (QED) is 0.480. The van der Waals surface area contributed by atoms with E-state index in [1.54, 1.807) is 10.8 Å². The summed E-state index contributed by atoms with van der Waals surface area (Å²) in [6.07, 6.45) is 9.15. The van der Waals surface area contributed by atoms with E-state index in [9.17, 15) is 5.11 Å². The molecule has 2 aromatic rings. The third kappa shape index (κ3) is 4.24. The zero-order valence-corrected chi connectivity index (χ0v) is 13.3. The smallest absolute Gasteiger partial charge is 0.210 e. The van der Waals surface area contributed by atoms with Gasteiger partial charge in [0.15, 0.2) is 3.95 Å². The highest BCUT2D eigenvalue weighted by Crippen LogP contribution is 2.27. The normalized spacial score (nSPS) is 12.0. The lowest BCUT2D eigenvalue weighted by molar-refractivity contribution is 0.419. The number of aromatic nitrogens is 1. The fourth-order valence-electron chi connectivity index (χ4n) is 1.70. The summed E-state index contributed by atoms with van der Waals surface area (Å²) in [5, 5.41) is 9.97. The molecule has 0 aliphatic heterocycles. The third-order valence-corrected chi connectivity index (χ3v) is 4.15. The molecule has 0 amide bonds. The van der Waals surface area contributed by atoms with E-state index in [1.165, 1.54) is 11.3 Å². The Morgan fingerprint density at radius 1 is 1.24 bits per heavy atom. The van der Waals surface area contributed by atoms with Gasteiger partial charge in [0.2, 0.25) is 5.88 Å². The number of para-hydroxylation sites is 1. The second kappa shape index (κ2) is 7.71. The SMILES string of the molecule is CCn1c(O)c(/C=C/C=C/C=Nc2ccccc2)sc1=S. The zero-order chi connectivity index (χ0) is 15.1. The number of aromatic hydroxyl groups is 1. The summed E-state index contributed by atoms with van der Waals surface area (Å²) in [5.74, 6) is 0.232. The number of allylic oxidation sites excluding steroid dienone is 3. The number of benzene rings is 1. The molecule has 0 saturated carbocycles. The predicted octanol–water partition coefficient (Wildman–Crippen LogP) is 4.98. The molecule has 0 radical (unpaired) electrons. The van der Waals surface area contributed by atoms with Crippen LogP contribution < -0.4 is 0 Å². The molecule has 0 aliphatic carbocycles. The van der Waals surface area contributed by atoms with Crippen molar-refractivity contribution in [3.8, 4) is 5.88 Å². The Morgan fingerprint density at radius 3 is 2.67 bits per heavy atom.